The van der Waals surface area contributed by atoms with Gasteiger partial charge < -0.3 is 10.1 Å². The Morgan fingerprint density at radius 1 is 1.13 bits per heavy atom. The maximum absolute atomic E-state index is 13.6. The van der Waals surface area contributed by atoms with Gasteiger partial charge in [-0.3, -0.25) is 9.10 Å². The van der Waals surface area contributed by atoms with E-state index in [1.54, 1.807) is 36.8 Å². The summed E-state index contributed by atoms with van der Waals surface area (Å²) in [5, 5.41) is 4.60. The van der Waals surface area contributed by atoms with Crippen LogP contribution in [0.1, 0.15) is 20.8 Å². The lowest BCUT2D eigenvalue weighted by Crippen LogP contribution is -2.38. The van der Waals surface area contributed by atoms with Gasteiger partial charge in [-0.1, -0.05) is 24.3 Å². The lowest BCUT2D eigenvalue weighted by Gasteiger charge is -2.29. The van der Waals surface area contributed by atoms with Crippen molar-refractivity contribution in [2.75, 3.05) is 11.4 Å². The van der Waals surface area contributed by atoms with E-state index in [0.717, 1.165) is 9.87 Å². The molecule has 0 spiro atoms. The molecule has 31 heavy (non-hydrogen) atoms. The molecular weight excluding hydrogens is 439 g/mol. The van der Waals surface area contributed by atoms with E-state index in [2.05, 4.69) is 5.32 Å². The fourth-order valence-corrected chi connectivity index (χ4v) is 5.77. The monoisotopic (exact) mass is 458 g/mol. The van der Waals surface area contributed by atoms with Gasteiger partial charge >= 0.3 is 0 Å². The zero-order valence-electron chi connectivity index (χ0n) is 16.5. The van der Waals surface area contributed by atoms with Crippen LogP contribution in [0, 0.1) is 5.82 Å². The number of sulfonamides is 1. The SMILES string of the molecule is COc1ccc(CNC=C2C(=O)c3sccc3N(Cc3cccc(F)c3)S2(=O)=O)cc1. The number of halogens is 1. The quantitative estimate of drug-likeness (QED) is 0.564. The Morgan fingerprint density at radius 3 is 2.61 bits per heavy atom. The van der Waals surface area contributed by atoms with Crippen LogP contribution in [0.5, 0.6) is 5.75 Å². The highest BCUT2D eigenvalue weighted by atomic mass is 32.2. The normalized spacial score (nSPS) is 16.3. The molecule has 6 nitrogen and oxygen atoms in total. The van der Waals surface area contributed by atoms with Crippen molar-refractivity contribution < 1.29 is 22.3 Å². The lowest BCUT2D eigenvalue weighted by atomic mass is 10.2. The number of benzene rings is 2. The van der Waals surface area contributed by atoms with E-state index in [1.807, 2.05) is 12.1 Å². The van der Waals surface area contributed by atoms with Crippen molar-refractivity contribution in [1.82, 2.24) is 5.32 Å². The van der Waals surface area contributed by atoms with Crippen molar-refractivity contribution in [1.29, 1.82) is 0 Å². The molecule has 2 aromatic carbocycles. The zero-order valence-corrected chi connectivity index (χ0v) is 18.2. The Hall–Kier alpha value is -3.17. The van der Waals surface area contributed by atoms with E-state index in [1.165, 1.54) is 35.7 Å². The van der Waals surface area contributed by atoms with Gasteiger partial charge in [-0.2, -0.15) is 0 Å². The number of ketones is 1. The highest BCUT2D eigenvalue weighted by molar-refractivity contribution is 7.97. The fraction of sp³-hybridized carbons (Fsp3) is 0.136. The predicted octanol–water partition coefficient (Wildman–Crippen LogP) is 4.06. The Labute approximate surface area is 183 Å². The van der Waals surface area contributed by atoms with Gasteiger partial charge in [-0.25, -0.2) is 12.8 Å². The molecule has 0 saturated carbocycles. The molecule has 0 radical (unpaired) electrons. The molecule has 0 saturated heterocycles. The highest BCUT2D eigenvalue weighted by Crippen LogP contribution is 2.39. The standard InChI is InChI=1S/C22H19FN2O4S2/c1-29-18-7-5-15(6-8-18)12-24-13-20-21(26)22-19(9-10-30-22)25(31(20,27)28)14-16-3-2-4-17(23)11-16/h2-11,13,24H,12,14H2,1H3. The van der Waals surface area contributed by atoms with Crippen LogP contribution in [0.2, 0.25) is 0 Å². The molecule has 1 aromatic heterocycles. The van der Waals surface area contributed by atoms with Gasteiger partial charge in [0.05, 0.1) is 19.3 Å². The third kappa shape index (κ3) is 4.19. The summed E-state index contributed by atoms with van der Waals surface area (Å²) in [7, 11) is -2.55. The van der Waals surface area contributed by atoms with E-state index in [9.17, 15) is 17.6 Å². The van der Waals surface area contributed by atoms with Gasteiger partial charge in [0.1, 0.15) is 16.4 Å². The molecule has 0 bridgehead atoms. The van der Waals surface area contributed by atoms with Crippen LogP contribution in [0.25, 0.3) is 0 Å². The van der Waals surface area contributed by atoms with Crippen LogP contribution in [0.3, 0.4) is 0 Å². The molecule has 2 heterocycles. The van der Waals surface area contributed by atoms with Crippen LogP contribution in [0.4, 0.5) is 10.1 Å². The van der Waals surface area contributed by atoms with Crippen molar-refractivity contribution in [3.05, 3.63) is 92.9 Å². The molecule has 0 amide bonds. The third-order valence-corrected chi connectivity index (χ3v) is 7.49. The van der Waals surface area contributed by atoms with Gasteiger partial charge in [0.25, 0.3) is 10.0 Å². The van der Waals surface area contributed by atoms with Gasteiger partial charge in [-0.05, 0) is 46.8 Å². The molecule has 160 valence electrons. The molecule has 3 aromatic rings. The second kappa shape index (κ2) is 8.52. The highest BCUT2D eigenvalue weighted by Gasteiger charge is 2.41. The molecule has 0 unspecified atom stereocenters. The number of nitrogens with zero attached hydrogens (tertiary/aromatic N) is 1. The maximum atomic E-state index is 13.6. The number of hydrogen-bond donors (Lipinski definition) is 1. The average Bonchev–Trinajstić information content (AvgIpc) is 3.24. The second-order valence-corrected chi connectivity index (χ2v) is 9.59. The summed E-state index contributed by atoms with van der Waals surface area (Å²) in [6.07, 6.45) is 1.24. The predicted molar refractivity (Wildman–Crippen MR) is 118 cm³/mol. The first-order valence-corrected chi connectivity index (χ1v) is 11.7. The van der Waals surface area contributed by atoms with Gasteiger partial charge in [0.2, 0.25) is 5.78 Å². The van der Waals surface area contributed by atoms with Crippen molar-refractivity contribution >= 4 is 32.8 Å². The Morgan fingerprint density at radius 2 is 1.90 bits per heavy atom. The fourth-order valence-electron chi connectivity index (χ4n) is 3.26. The Bertz CT molecular complexity index is 1250. The minimum absolute atomic E-state index is 0.0765. The number of fused-ring (bicyclic) bond motifs is 1. The van der Waals surface area contributed by atoms with Gasteiger partial charge in [0, 0.05) is 12.7 Å². The summed E-state index contributed by atoms with van der Waals surface area (Å²) in [5.74, 6) is -0.293. The summed E-state index contributed by atoms with van der Waals surface area (Å²) < 4.78 is 46.5. The zero-order chi connectivity index (χ0) is 22.0. The number of hydrogen-bond acceptors (Lipinski definition) is 6. The first kappa shape index (κ1) is 21.1. The number of anilines is 1. The van der Waals surface area contributed by atoms with Crippen molar-refractivity contribution in [3.8, 4) is 5.75 Å². The number of methoxy groups -OCH3 is 1. The Balaban J connectivity index is 1.63. The smallest absolute Gasteiger partial charge is 0.270 e. The molecule has 0 fully saturated rings. The van der Waals surface area contributed by atoms with Crippen LogP contribution in [-0.4, -0.2) is 21.3 Å². The van der Waals surface area contributed by atoms with E-state index < -0.39 is 21.6 Å². The molecule has 1 aliphatic heterocycles. The molecule has 0 aliphatic carbocycles. The molecule has 4 rings (SSSR count). The number of allylic oxidation sites excluding steroid dienone is 1. The van der Waals surface area contributed by atoms with Crippen LogP contribution < -0.4 is 14.4 Å². The third-order valence-electron chi connectivity index (χ3n) is 4.82. The number of thiophene rings is 1. The van der Waals surface area contributed by atoms with Gasteiger partial charge in [0.15, 0.2) is 4.91 Å². The molecule has 1 N–H and O–H groups in total. The molecule has 9 heteroatoms. The summed E-state index contributed by atoms with van der Waals surface area (Å²) >= 11 is 1.18. The van der Waals surface area contributed by atoms with Crippen LogP contribution in [-0.2, 0) is 23.1 Å². The number of rotatable bonds is 6. The molecule has 0 atom stereocenters. The van der Waals surface area contributed by atoms with E-state index in [4.69, 9.17) is 4.74 Å². The number of nitrogens with one attached hydrogen (secondary N) is 1. The largest absolute Gasteiger partial charge is 0.497 e. The number of ether oxygens (including phenoxy) is 1. The van der Waals surface area contributed by atoms with Crippen LogP contribution in [0.15, 0.2) is 71.1 Å². The number of carbonyl (C=O) groups excluding carboxylic acids is 1. The van der Waals surface area contributed by atoms with Gasteiger partial charge in [-0.15, -0.1) is 11.3 Å². The summed E-state index contributed by atoms with van der Waals surface area (Å²) in [4.78, 5) is 12.9. The number of carbonyl (C=O) groups is 1. The summed E-state index contributed by atoms with van der Waals surface area (Å²) in [6.45, 7) is 0.254. The topological polar surface area (TPSA) is 75.7 Å². The number of Topliss-reactive ketones (excluding diaryl/α,β-unsaturated/α-hetero) is 1. The second-order valence-electron chi connectivity index (χ2n) is 6.84. The summed E-state index contributed by atoms with van der Waals surface area (Å²) in [6, 6.07) is 14.6. The van der Waals surface area contributed by atoms with E-state index in [-0.39, 0.29) is 11.4 Å². The van der Waals surface area contributed by atoms with E-state index >= 15 is 0 Å². The Kier molecular flexibility index (Phi) is 5.79. The first-order valence-electron chi connectivity index (χ1n) is 9.36. The van der Waals surface area contributed by atoms with Crippen molar-refractivity contribution in [2.45, 2.75) is 13.1 Å². The summed E-state index contributed by atoms with van der Waals surface area (Å²) in [5.41, 5.74) is 1.69. The first-order chi connectivity index (χ1) is 14.9. The maximum Gasteiger partial charge on any atom is 0.270 e. The van der Waals surface area contributed by atoms with Crippen LogP contribution >= 0.6 is 11.3 Å². The lowest BCUT2D eigenvalue weighted by molar-refractivity contribution is 0.104. The van der Waals surface area contributed by atoms with E-state index in [0.29, 0.717) is 28.4 Å². The van der Waals surface area contributed by atoms with Crippen molar-refractivity contribution in [3.63, 3.8) is 0 Å². The minimum Gasteiger partial charge on any atom is -0.497 e. The molecule has 1 aliphatic rings. The molecular formula is C22H19FN2O4S2. The van der Waals surface area contributed by atoms with Crippen molar-refractivity contribution in [2.24, 2.45) is 0 Å². The average molecular weight is 459 g/mol. The minimum atomic E-state index is -4.13.